The van der Waals surface area contributed by atoms with Crippen LogP contribution in [-0.4, -0.2) is 27.9 Å². The van der Waals surface area contributed by atoms with Gasteiger partial charge in [-0.05, 0) is 23.3 Å². The number of aromatic nitrogens is 3. The summed E-state index contributed by atoms with van der Waals surface area (Å²) in [5.74, 6) is 0. The summed E-state index contributed by atoms with van der Waals surface area (Å²) in [6.07, 6.45) is -1.80. The molecule has 0 radical (unpaired) electrons. The van der Waals surface area contributed by atoms with E-state index in [0.29, 0.717) is 12.5 Å². The van der Waals surface area contributed by atoms with Gasteiger partial charge in [0.1, 0.15) is 10.6 Å². The molecule has 2 atom stereocenters. The SMILES string of the molecule is O=S(=O)(c1ccc(C(F)(F)F)nc1)N1C2Cc3n[nH]cc3C1c1ccccc12. The van der Waals surface area contributed by atoms with E-state index in [0.717, 1.165) is 34.6 Å². The van der Waals surface area contributed by atoms with E-state index in [1.54, 1.807) is 6.20 Å². The Morgan fingerprint density at radius 2 is 1.82 bits per heavy atom. The second-order valence-electron chi connectivity index (χ2n) is 6.75. The minimum atomic E-state index is -4.63. The molecule has 0 saturated heterocycles. The van der Waals surface area contributed by atoms with Gasteiger partial charge in [-0.3, -0.25) is 10.1 Å². The lowest BCUT2D eigenvalue weighted by molar-refractivity contribution is -0.141. The largest absolute Gasteiger partial charge is 0.433 e. The maximum atomic E-state index is 13.4. The molecule has 144 valence electrons. The zero-order chi connectivity index (χ0) is 19.7. The van der Waals surface area contributed by atoms with Crippen LogP contribution in [0.15, 0.2) is 53.7 Å². The zero-order valence-corrected chi connectivity index (χ0v) is 15.0. The Morgan fingerprint density at radius 1 is 1.07 bits per heavy atom. The Kier molecular flexibility index (Phi) is 3.50. The van der Waals surface area contributed by atoms with Crippen molar-refractivity contribution in [1.82, 2.24) is 19.5 Å². The number of sulfonamides is 1. The van der Waals surface area contributed by atoms with E-state index >= 15 is 0 Å². The van der Waals surface area contributed by atoms with Crippen molar-refractivity contribution in [2.45, 2.75) is 29.6 Å². The lowest BCUT2D eigenvalue weighted by Crippen LogP contribution is -2.37. The van der Waals surface area contributed by atoms with E-state index in [2.05, 4.69) is 15.2 Å². The number of halogens is 3. The number of hydrogen-bond donors (Lipinski definition) is 1. The van der Waals surface area contributed by atoms with Crippen LogP contribution in [-0.2, 0) is 22.6 Å². The summed E-state index contributed by atoms with van der Waals surface area (Å²) < 4.78 is 66.5. The van der Waals surface area contributed by atoms with Crippen LogP contribution in [0, 0.1) is 0 Å². The minimum Gasteiger partial charge on any atom is -0.285 e. The highest BCUT2D eigenvalue weighted by Gasteiger charge is 2.51. The Labute approximate surface area is 158 Å². The third-order valence-corrected chi connectivity index (χ3v) is 7.11. The highest BCUT2D eigenvalue weighted by molar-refractivity contribution is 7.89. The van der Waals surface area contributed by atoms with Gasteiger partial charge in [0, 0.05) is 24.4 Å². The fraction of sp³-hybridized carbons (Fsp3) is 0.222. The molecule has 1 aromatic carbocycles. The maximum Gasteiger partial charge on any atom is 0.433 e. The van der Waals surface area contributed by atoms with Gasteiger partial charge in [-0.2, -0.15) is 22.6 Å². The summed E-state index contributed by atoms with van der Waals surface area (Å²) in [4.78, 5) is 3.05. The van der Waals surface area contributed by atoms with Crippen LogP contribution >= 0.6 is 0 Å². The molecule has 2 aromatic heterocycles. The van der Waals surface area contributed by atoms with Gasteiger partial charge in [0.2, 0.25) is 10.0 Å². The number of alkyl halides is 3. The third-order valence-electron chi connectivity index (χ3n) is 5.25. The molecule has 10 heteroatoms. The van der Waals surface area contributed by atoms with Gasteiger partial charge in [-0.25, -0.2) is 8.42 Å². The lowest BCUT2D eigenvalue weighted by atomic mass is 10.0. The van der Waals surface area contributed by atoms with Crippen molar-refractivity contribution in [2.75, 3.05) is 0 Å². The second-order valence-corrected chi connectivity index (χ2v) is 8.59. The van der Waals surface area contributed by atoms with Crippen molar-refractivity contribution >= 4 is 10.0 Å². The minimum absolute atomic E-state index is 0.268. The van der Waals surface area contributed by atoms with Crippen LogP contribution in [0.3, 0.4) is 0 Å². The number of benzene rings is 1. The van der Waals surface area contributed by atoms with E-state index in [9.17, 15) is 21.6 Å². The second kappa shape index (κ2) is 5.65. The normalized spacial score (nSPS) is 21.4. The number of H-pyrrole nitrogens is 1. The van der Waals surface area contributed by atoms with Gasteiger partial charge in [-0.1, -0.05) is 24.3 Å². The Bertz CT molecular complexity index is 1170. The molecular formula is C18H13F3N4O2S. The van der Waals surface area contributed by atoms with Crippen LogP contribution in [0.1, 0.15) is 40.2 Å². The average molecular weight is 406 g/mol. The first-order valence-electron chi connectivity index (χ1n) is 8.46. The summed E-state index contributed by atoms with van der Waals surface area (Å²) in [7, 11) is -4.09. The first-order valence-corrected chi connectivity index (χ1v) is 9.90. The van der Waals surface area contributed by atoms with Crippen molar-refractivity contribution in [2.24, 2.45) is 0 Å². The molecule has 1 N–H and O–H groups in total. The van der Waals surface area contributed by atoms with Crippen molar-refractivity contribution < 1.29 is 21.6 Å². The molecular weight excluding hydrogens is 393 g/mol. The standard InChI is InChI=1S/C18H13F3N4O2S/c19-18(20,21)16-6-5-10(8-22-16)28(26,27)25-15-7-14-13(9-23-24-14)17(25)12-4-2-1-3-11(12)15/h1-6,8-9,15,17H,7H2,(H,23,24). The molecule has 2 bridgehead atoms. The van der Waals surface area contributed by atoms with Crippen molar-refractivity contribution in [3.63, 3.8) is 0 Å². The van der Waals surface area contributed by atoms with Crippen molar-refractivity contribution in [3.8, 4) is 0 Å². The molecule has 2 aliphatic rings. The van der Waals surface area contributed by atoms with Gasteiger partial charge >= 0.3 is 6.18 Å². The molecule has 2 aliphatic heterocycles. The summed E-state index contributed by atoms with van der Waals surface area (Å²) in [5, 5.41) is 7.01. The van der Waals surface area contributed by atoms with E-state index in [1.165, 1.54) is 4.31 Å². The first-order chi connectivity index (χ1) is 13.3. The van der Waals surface area contributed by atoms with Crippen LogP contribution in [0.25, 0.3) is 0 Å². The molecule has 0 spiro atoms. The van der Waals surface area contributed by atoms with Crippen LogP contribution in [0.4, 0.5) is 13.2 Å². The zero-order valence-electron chi connectivity index (χ0n) is 14.2. The lowest BCUT2D eigenvalue weighted by Gasteiger charge is -2.33. The number of hydrogen-bond acceptors (Lipinski definition) is 4. The van der Waals surface area contributed by atoms with Crippen molar-refractivity contribution in [1.29, 1.82) is 0 Å². The third kappa shape index (κ3) is 2.34. The van der Waals surface area contributed by atoms with E-state index in [4.69, 9.17) is 0 Å². The summed E-state index contributed by atoms with van der Waals surface area (Å²) >= 11 is 0. The van der Waals surface area contributed by atoms with Crippen LogP contribution in [0.2, 0.25) is 0 Å². The topological polar surface area (TPSA) is 79.0 Å². The summed E-state index contributed by atoms with van der Waals surface area (Å²) in [6, 6.07) is 8.03. The number of rotatable bonds is 2. The van der Waals surface area contributed by atoms with E-state index < -0.39 is 34.0 Å². The van der Waals surface area contributed by atoms with Crippen LogP contribution in [0.5, 0.6) is 0 Å². The van der Waals surface area contributed by atoms with Crippen molar-refractivity contribution in [3.05, 3.63) is 76.9 Å². The molecule has 3 aromatic rings. The number of fused-ring (bicyclic) bond motifs is 7. The molecule has 2 unspecified atom stereocenters. The molecule has 0 fully saturated rings. The molecule has 4 heterocycles. The first kappa shape index (κ1) is 17.4. The highest BCUT2D eigenvalue weighted by Crippen LogP contribution is 2.53. The Balaban J connectivity index is 1.63. The maximum absolute atomic E-state index is 13.4. The Hall–Kier alpha value is -2.72. The summed E-state index contributed by atoms with van der Waals surface area (Å²) in [6.45, 7) is 0. The molecule has 28 heavy (non-hydrogen) atoms. The number of nitrogens with one attached hydrogen (secondary N) is 1. The van der Waals surface area contributed by atoms with Gasteiger partial charge in [0.15, 0.2) is 0 Å². The van der Waals surface area contributed by atoms with Gasteiger partial charge in [-0.15, -0.1) is 0 Å². The van der Waals surface area contributed by atoms with Gasteiger partial charge in [0.05, 0.1) is 17.8 Å². The average Bonchev–Trinajstić information content (AvgIpc) is 3.23. The predicted molar refractivity (Wildman–Crippen MR) is 91.6 cm³/mol. The number of pyridine rings is 1. The summed E-state index contributed by atoms with van der Waals surface area (Å²) in [5.41, 5.74) is 2.16. The quantitative estimate of drug-likeness (QED) is 0.709. The van der Waals surface area contributed by atoms with Gasteiger partial charge in [0.25, 0.3) is 0 Å². The van der Waals surface area contributed by atoms with E-state index in [-0.39, 0.29) is 4.90 Å². The number of aromatic amines is 1. The number of nitrogens with zero attached hydrogens (tertiary/aromatic N) is 3. The Morgan fingerprint density at radius 3 is 2.50 bits per heavy atom. The fourth-order valence-corrected chi connectivity index (χ4v) is 5.76. The molecule has 6 nitrogen and oxygen atoms in total. The fourth-order valence-electron chi connectivity index (χ4n) is 4.06. The highest BCUT2D eigenvalue weighted by atomic mass is 32.2. The molecule has 5 rings (SSSR count). The molecule has 0 aliphatic carbocycles. The monoisotopic (exact) mass is 406 g/mol. The van der Waals surface area contributed by atoms with E-state index in [1.807, 2.05) is 24.3 Å². The predicted octanol–water partition coefficient (Wildman–Crippen LogP) is 3.21. The molecule has 0 amide bonds. The van der Waals surface area contributed by atoms with Crippen LogP contribution < -0.4 is 0 Å². The van der Waals surface area contributed by atoms with Gasteiger partial charge < -0.3 is 0 Å². The smallest absolute Gasteiger partial charge is 0.285 e. The molecule has 0 saturated carbocycles.